The van der Waals surface area contributed by atoms with Gasteiger partial charge in [0.1, 0.15) is 0 Å². The van der Waals surface area contributed by atoms with Crippen molar-refractivity contribution >= 4 is 11.7 Å². The van der Waals surface area contributed by atoms with Gasteiger partial charge in [-0.15, -0.1) is 10.2 Å². The normalized spacial score (nSPS) is 20.8. The van der Waals surface area contributed by atoms with Crippen LogP contribution in [0.1, 0.15) is 12.8 Å². The SMILES string of the molecule is O=C([C@H]1CCCN(c2ccc(-c3ccccc3)nn2)C1)N1CCOCC1. The first-order valence-electron chi connectivity index (χ1n) is 9.32. The van der Waals surface area contributed by atoms with Crippen molar-refractivity contribution in [3.05, 3.63) is 42.5 Å². The van der Waals surface area contributed by atoms with Gasteiger partial charge in [0, 0.05) is 31.7 Å². The minimum atomic E-state index is 0.0393. The number of ether oxygens (including phenoxy) is 1. The minimum absolute atomic E-state index is 0.0393. The summed E-state index contributed by atoms with van der Waals surface area (Å²) in [7, 11) is 0. The molecule has 136 valence electrons. The van der Waals surface area contributed by atoms with Crippen LogP contribution < -0.4 is 4.90 Å². The molecule has 6 heteroatoms. The highest BCUT2D eigenvalue weighted by Gasteiger charge is 2.30. The fourth-order valence-corrected chi connectivity index (χ4v) is 3.69. The Hall–Kier alpha value is -2.47. The van der Waals surface area contributed by atoms with Crippen LogP contribution in [0.3, 0.4) is 0 Å². The summed E-state index contributed by atoms with van der Waals surface area (Å²) in [5, 5.41) is 8.80. The quantitative estimate of drug-likeness (QED) is 0.848. The molecule has 0 N–H and O–H groups in total. The van der Waals surface area contributed by atoms with Crippen LogP contribution in [0.25, 0.3) is 11.3 Å². The predicted molar refractivity (Wildman–Crippen MR) is 99.8 cm³/mol. The van der Waals surface area contributed by atoms with Crippen molar-refractivity contribution in [2.24, 2.45) is 5.92 Å². The smallest absolute Gasteiger partial charge is 0.227 e. The van der Waals surface area contributed by atoms with E-state index in [-0.39, 0.29) is 11.8 Å². The Morgan fingerprint density at radius 3 is 2.54 bits per heavy atom. The first-order valence-corrected chi connectivity index (χ1v) is 9.32. The molecule has 0 unspecified atom stereocenters. The van der Waals surface area contributed by atoms with E-state index < -0.39 is 0 Å². The molecule has 0 radical (unpaired) electrons. The highest BCUT2D eigenvalue weighted by atomic mass is 16.5. The topological polar surface area (TPSA) is 58.6 Å². The predicted octanol–water partition coefficient (Wildman–Crippen LogP) is 2.22. The van der Waals surface area contributed by atoms with Crippen molar-refractivity contribution in [3.8, 4) is 11.3 Å². The summed E-state index contributed by atoms with van der Waals surface area (Å²) in [6.45, 7) is 4.35. The van der Waals surface area contributed by atoms with Gasteiger partial charge in [0.2, 0.25) is 5.91 Å². The molecule has 0 bridgehead atoms. The van der Waals surface area contributed by atoms with Crippen molar-refractivity contribution in [2.45, 2.75) is 12.8 Å². The van der Waals surface area contributed by atoms with E-state index in [1.807, 2.05) is 47.4 Å². The number of hydrogen-bond donors (Lipinski definition) is 0. The Balaban J connectivity index is 1.43. The number of aromatic nitrogens is 2. The maximum Gasteiger partial charge on any atom is 0.227 e. The highest BCUT2D eigenvalue weighted by Crippen LogP contribution is 2.24. The molecule has 0 saturated carbocycles. The molecular weight excluding hydrogens is 328 g/mol. The molecule has 1 atom stereocenters. The lowest BCUT2D eigenvalue weighted by Gasteiger charge is -2.36. The molecule has 26 heavy (non-hydrogen) atoms. The third kappa shape index (κ3) is 3.70. The van der Waals surface area contributed by atoms with Crippen molar-refractivity contribution in [1.82, 2.24) is 15.1 Å². The molecular formula is C20H24N4O2. The molecule has 2 aliphatic rings. The first kappa shape index (κ1) is 17.0. The molecule has 6 nitrogen and oxygen atoms in total. The molecule has 1 amide bonds. The molecule has 4 rings (SSSR count). The van der Waals surface area contributed by atoms with E-state index in [9.17, 15) is 4.79 Å². The minimum Gasteiger partial charge on any atom is -0.378 e. The summed E-state index contributed by atoms with van der Waals surface area (Å²) >= 11 is 0. The maximum atomic E-state index is 12.8. The standard InChI is InChI=1S/C20H24N4O2/c25-20(23-11-13-26-14-12-23)17-7-4-10-24(15-17)19-9-8-18(21-22-19)16-5-2-1-3-6-16/h1-3,5-6,8-9,17H,4,7,10-15H2/t17-/m0/s1. The Kier molecular flexibility index (Phi) is 5.11. The van der Waals surface area contributed by atoms with Crippen LogP contribution in [0.15, 0.2) is 42.5 Å². The number of morpholine rings is 1. The van der Waals surface area contributed by atoms with Crippen LogP contribution in [0, 0.1) is 5.92 Å². The summed E-state index contributed by atoms with van der Waals surface area (Å²) in [5.74, 6) is 1.15. The summed E-state index contributed by atoms with van der Waals surface area (Å²) in [6.07, 6.45) is 1.95. The average molecular weight is 352 g/mol. The average Bonchev–Trinajstić information content (AvgIpc) is 2.75. The van der Waals surface area contributed by atoms with Crippen molar-refractivity contribution in [3.63, 3.8) is 0 Å². The summed E-state index contributed by atoms with van der Waals surface area (Å²) < 4.78 is 5.35. The molecule has 1 aromatic carbocycles. The Labute approximate surface area is 153 Å². The number of carbonyl (C=O) groups is 1. The van der Waals surface area contributed by atoms with E-state index in [4.69, 9.17) is 4.74 Å². The fraction of sp³-hybridized carbons (Fsp3) is 0.450. The zero-order valence-corrected chi connectivity index (χ0v) is 14.9. The Bertz CT molecular complexity index is 729. The van der Waals surface area contributed by atoms with Crippen LogP contribution >= 0.6 is 0 Å². The molecule has 2 fully saturated rings. The maximum absolute atomic E-state index is 12.8. The summed E-state index contributed by atoms with van der Waals surface area (Å²) in [5.41, 5.74) is 1.93. The second-order valence-corrected chi connectivity index (χ2v) is 6.87. The number of nitrogens with zero attached hydrogens (tertiary/aromatic N) is 4. The van der Waals surface area contributed by atoms with Crippen molar-refractivity contribution in [2.75, 3.05) is 44.3 Å². The third-order valence-electron chi connectivity index (χ3n) is 5.14. The lowest BCUT2D eigenvalue weighted by Crippen LogP contribution is -2.48. The van der Waals surface area contributed by atoms with Crippen LogP contribution in [0.4, 0.5) is 5.82 Å². The zero-order chi connectivity index (χ0) is 17.8. The summed E-state index contributed by atoms with van der Waals surface area (Å²) in [6, 6.07) is 14.1. The lowest BCUT2D eigenvalue weighted by atomic mass is 9.96. The van der Waals surface area contributed by atoms with Crippen LogP contribution in [-0.4, -0.2) is 60.4 Å². The van der Waals surface area contributed by atoms with Crippen LogP contribution in [-0.2, 0) is 9.53 Å². The lowest BCUT2D eigenvalue weighted by molar-refractivity contribution is -0.139. The number of benzene rings is 1. The summed E-state index contributed by atoms with van der Waals surface area (Å²) in [4.78, 5) is 16.9. The first-order chi connectivity index (χ1) is 12.8. The molecule has 0 aliphatic carbocycles. The highest BCUT2D eigenvalue weighted by molar-refractivity contribution is 5.80. The molecule has 2 aromatic rings. The van der Waals surface area contributed by atoms with Gasteiger partial charge in [0.25, 0.3) is 0 Å². The molecule has 1 aromatic heterocycles. The number of carbonyl (C=O) groups excluding carboxylic acids is 1. The second-order valence-electron chi connectivity index (χ2n) is 6.87. The van der Waals surface area contributed by atoms with Gasteiger partial charge in [-0.3, -0.25) is 4.79 Å². The third-order valence-corrected chi connectivity index (χ3v) is 5.14. The number of amides is 1. The van der Waals surface area contributed by atoms with E-state index in [1.54, 1.807) is 0 Å². The Morgan fingerprint density at radius 1 is 1.00 bits per heavy atom. The van der Waals surface area contributed by atoms with Gasteiger partial charge < -0.3 is 14.5 Å². The second kappa shape index (κ2) is 7.83. The van der Waals surface area contributed by atoms with Crippen LogP contribution in [0.2, 0.25) is 0 Å². The van der Waals surface area contributed by atoms with Gasteiger partial charge in [-0.05, 0) is 25.0 Å². The van der Waals surface area contributed by atoms with E-state index in [0.29, 0.717) is 26.3 Å². The fourth-order valence-electron chi connectivity index (χ4n) is 3.69. The van der Waals surface area contributed by atoms with E-state index in [0.717, 1.165) is 43.0 Å². The number of piperidine rings is 1. The van der Waals surface area contributed by atoms with Crippen LogP contribution in [0.5, 0.6) is 0 Å². The largest absolute Gasteiger partial charge is 0.378 e. The molecule has 3 heterocycles. The molecule has 0 spiro atoms. The van der Waals surface area contributed by atoms with Crippen molar-refractivity contribution < 1.29 is 9.53 Å². The zero-order valence-electron chi connectivity index (χ0n) is 14.9. The van der Waals surface area contributed by atoms with E-state index >= 15 is 0 Å². The number of hydrogen-bond acceptors (Lipinski definition) is 5. The van der Waals surface area contributed by atoms with Gasteiger partial charge in [-0.25, -0.2) is 0 Å². The van der Waals surface area contributed by atoms with Gasteiger partial charge in [0.05, 0.1) is 24.8 Å². The van der Waals surface area contributed by atoms with Gasteiger partial charge in [-0.1, -0.05) is 30.3 Å². The number of rotatable bonds is 3. The van der Waals surface area contributed by atoms with Crippen molar-refractivity contribution in [1.29, 1.82) is 0 Å². The number of anilines is 1. The monoisotopic (exact) mass is 352 g/mol. The van der Waals surface area contributed by atoms with Gasteiger partial charge >= 0.3 is 0 Å². The molecule has 2 aliphatic heterocycles. The van der Waals surface area contributed by atoms with E-state index in [1.165, 1.54) is 0 Å². The Morgan fingerprint density at radius 2 is 1.81 bits per heavy atom. The molecule has 2 saturated heterocycles. The van der Waals surface area contributed by atoms with E-state index in [2.05, 4.69) is 15.1 Å². The van der Waals surface area contributed by atoms with Gasteiger partial charge in [-0.2, -0.15) is 0 Å². The van der Waals surface area contributed by atoms with Gasteiger partial charge in [0.15, 0.2) is 5.82 Å².